The summed E-state index contributed by atoms with van der Waals surface area (Å²) in [5.41, 5.74) is 0.172. The van der Waals surface area contributed by atoms with E-state index in [1.165, 1.54) is 41.0 Å². The minimum atomic E-state index is -4.53. The first-order valence-electron chi connectivity index (χ1n) is 9.79. The Morgan fingerprint density at radius 2 is 1.88 bits per heavy atom. The van der Waals surface area contributed by atoms with Gasteiger partial charge in [-0.05, 0) is 48.9 Å². The molecular weight excluding hydrogens is 462 g/mol. The lowest BCUT2D eigenvalue weighted by atomic mass is 10.1. The Morgan fingerprint density at radius 3 is 2.48 bits per heavy atom. The number of hydrogen-bond donors (Lipinski definition) is 1. The second-order valence-electron chi connectivity index (χ2n) is 7.19. The molecule has 7 nitrogen and oxygen atoms in total. The highest BCUT2D eigenvalue weighted by molar-refractivity contribution is 7.82. The van der Waals surface area contributed by atoms with Gasteiger partial charge in [0.2, 0.25) is 5.91 Å². The fourth-order valence-corrected chi connectivity index (χ4v) is 4.51. The molecule has 3 aromatic rings. The molecule has 1 aromatic carbocycles. The summed E-state index contributed by atoms with van der Waals surface area (Å²) in [5.74, 6) is -0.780. The monoisotopic (exact) mass is 479 g/mol. The lowest BCUT2D eigenvalue weighted by Crippen LogP contribution is -2.56. The van der Waals surface area contributed by atoms with Gasteiger partial charge in [0.15, 0.2) is 0 Å². The Labute approximate surface area is 188 Å². The number of alkyl halides is 3. The molecule has 1 N–H and O–H groups in total. The van der Waals surface area contributed by atoms with Gasteiger partial charge in [-0.1, -0.05) is 0 Å². The number of hydrogen-bond acceptors (Lipinski definition) is 5. The van der Waals surface area contributed by atoms with E-state index >= 15 is 0 Å². The van der Waals surface area contributed by atoms with E-state index in [1.807, 2.05) is 0 Å². The normalized spacial score (nSPS) is 17.3. The number of aromatic nitrogens is 3. The highest BCUT2D eigenvalue weighted by Crippen LogP contribution is 2.28. The van der Waals surface area contributed by atoms with Crippen molar-refractivity contribution in [1.82, 2.24) is 24.6 Å². The number of pyridine rings is 1. The maximum atomic E-state index is 13.1. The van der Waals surface area contributed by atoms with Gasteiger partial charge in [0, 0.05) is 18.3 Å². The second-order valence-corrected chi connectivity index (χ2v) is 8.63. The molecule has 1 saturated heterocycles. The topological polar surface area (TPSA) is 88.1 Å². The Morgan fingerprint density at radius 1 is 1.12 bits per heavy atom. The minimum absolute atomic E-state index is 0.0515. The molecule has 1 amide bonds. The van der Waals surface area contributed by atoms with E-state index < -0.39 is 34.7 Å². The Balaban J connectivity index is 1.38. The molecule has 1 aliphatic rings. The van der Waals surface area contributed by atoms with Crippen molar-refractivity contribution in [3.05, 3.63) is 72.2 Å². The zero-order valence-electron chi connectivity index (χ0n) is 16.9. The molecule has 0 spiro atoms. The van der Waals surface area contributed by atoms with Crippen molar-refractivity contribution in [1.29, 1.82) is 0 Å². The SMILES string of the molecule is O=C(NCc1cc(-c2ccc(C(F)(F)F)nc2)ncn1)C1CCN1S(=O)c1ccc(F)cc1. The van der Waals surface area contributed by atoms with Gasteiger partial charge in [-0.3, -0.25) is 9.78 Å². The van der Waals surface area contributed by atoms with Crippen molar-refractivity contribution in [2.45, 2.75) is 30.1 Å². The molecule has 2 atom stereocenters. The average Bonchev–Trinajstić information content (AvgIpc) is 2.77. The quantitative estimate of drug-likeness (QED) is 0.549. The molecule has 12 heteroatoms. The highest BCUT2D eigenvalue weighted by atomic mass is 32.2. The fourth-order valence-electron chi connectivity index (χ4n) is 3.17. The Bertz CT molecular complexity index is 1170. The van der Waals surface area contributed by atoms with Crippen molar-refractivity contribution in [3.63, 3.8) is 0 Å². The van der Waals surface area contributed by atoms with Gasteiger partial charge in [-0.25, -0.2) is 22.9 Å². The molecule has 0 saturated carbocycles. The summed E-state index contributed by atoms with van der Waals surface area (Å²) in [6.45, 7) is 0.511. The summed E-state index contributed by atoms with van der Waals surface area (Å²) in [6, 6.07) is 8.32. The molecule has 1 aliphatic heterocycles. The van der Waals surface area contributed by atoms with E-state index in [2.05, 4.69) is 20.3 Å². The van der Waals surface area contributed by atoms with E-state index in [9.17, 15) is 26.6 Å². The van der Waals surface area contributed by atoms with E-state index in [1.54, 1.807) is 6.07 Å². The summed E-state index contributed by atoms with van der Waals surface area (Å²) < 4.78 is 65.3. The molecular formula is C21H17F4N5O2S. The maximum Gasteiger partial charge on any atom is 0.433 e. The third-order valence-electron chi connectivity index (χ3n) is 5.02. The zero-order chi connectivity index (χ0) is 23.6. The van der Waals surface area contributed by atoms with Crippen LogP contribution in [-0.2, 0) is 28.5 Å². The number of rotatable bonds is 6. The van der Waals surface area contributed by atoms with E-state index in [-0.39, 0.29) is 12.5 Å². The predicted molar refractivity (Wildman–Crippen MR) is 110 cm³/mol. The number of halogens is 4. The standard InChI is InChI=1S/C21H17F4N5O2S/c22-14-2-4-16(5-3-14)33(32)30-8-7-18(30)20(31)27-11-15-9-17(29-12-28-15)13-1-6-19(26-10-13)21(23,24)25/h1-6,9-10,12,18H,7-8,11H2,(H,27,31). The van der Waals surface area contributed by atoms with E-state index in [0.717, 1.165) is 12.3 Å². The molecule has 2 unspecified atom stereocenters. The summed E-state index contributed by atoms with van der Waals surface area (Å²) in [6.07, 6.45) is -1.70. The third-order valence-corrected chi connectivity index (χ3v) is 6.56. The largest absolute Gasteiger partial charge is 0.433 e. The van der Waals surface area contributed by atoms with Crippen LogP contribution < -0.4 is 5.32 Å². The predicted octanol–water partition coefficient (Wildman–Crippen LogP) is 3.11. The van der Waals surface area contributed by atoms with Gasteiger partial charge in [0.25, 0.3) is 0 Å². The molecule has 0 bridgehead atoms. The average molecular weight is 479 g/mol. The van der Waals surface area contributed by atoms with Crippen LogP contribution in [0, 0.1) is 5.82 Å². The van der Waals surface area contributed by atoms with Crippen molar-refractivity contribution >= 4 is 16.9 Å². The van der Waals surface area contributed by atoms with Crippen LogP contribution in [0.15, 0.2) is 59.9 Å². The second kappa shape index (κ2) is 9.32. The maximum absolute atomic E-state index is 13.1. The first kappa shape index (κ1) is 22.9. The molecule has 4 rings (SSSR count). The molecule has 0 radical (unpaired) electrons. The summed E-state index contributed by atoms with van der Waals surface area (Å²) >= 11 is 0. The number of carbonyl (C=O) groups is 1. The Hall–Kier alpha value is -3.25. The van der Waals surface area contributed by atoms with Crippen LogP contribution in [0.25, 0.3) is 11.3 Å². The van der Waals surface area contributed by atoms with E-state index in [0.29, 0.717) is 34.8 Å². The number of carbonyl (C=O) groups excluding carboxylic acids is 1. The van der Waals surface area contributed by atoms with Crippen LogP contribution in [0.5, 0.6) is 0 Å². The summed E-state index contributed by atoms with van der Waals surface area (Å²) in [5, 5.41) is 2.72. The van der Waals surface area contributed by atoms with Crippen molar-refractivity contribution in [3.8, 4) is 11.3 Å². The summed E-state index contributed by atoms with van der Waals surface area (Å²) in [4.78, 5) is 24.5. The van der Waals surface area contributed by atoms with Gasteiger partial charge in [0.05, 0.1) is 22.8 Å². The molecule has 1 fully saturated rings. The fraction of sp³-hybridized carbons (Fsp3) is 0.238. The van der Waals surface area contributed by atoms with E-state index in [4.69, 9.17) is 0 Å². The van der Waals surface area contributed by atoms with Gasteiger partial charge in [-0.2, -0.15) is 13.2 Å². The van der Waals surface area contributed by atoms with Gasteiger partial charge in [-0.15, -0.1) is 0 Å². The zero-order valence-corrected chi connectivity index (χ0v) is 17.7. The minimum Gasteiger partial charge on any atom is -0.349 e. The molecule has 33 heavy (non-hydrogen) atoms. The van der Waals surface area contributed by atoms with Crippen LogP contribution in [0.2, 0.25) is 0 Å². The number of benzene rings is 1. The molecule has 3 heterocycles. The van der Waals surface area contributed by atoms with Crippen LogP contribution in [0.4, 0.5) is 17.6 Å². The van der Waals surface area contributed by atoms with Crippen LogP contribution >= 0.6 is 0 Å². The summed E-state index contributed by atoms with van der Waals surface area (Å²) in [7, 11) is -1.59. The van der Waals surface area contributed by atoms with Gasteiger partial charge >= 0.3 is 6.18 Å². The number of amides is 1. The molecule has 0 aliphatic carbocycles. The first-order valence-corrected chi connectivity index (χ1v) is 10.9. The van der Waals surface area contributed by atoms with Crippen LogP contribution in [0.1, 0.15) is 17.8 Å². The lowest BCUT2D eigenvalue weighted by molar-refractivity contribution is -0.141. The van der Waals surface area contributed by atoms with Gasteiger partial charge in [0.1, 0.15) is 34.9 Å². The van der Waals surface area contributed by atoms with Crippen molar-refractivity contribution in [2.24, 2.45) is 0 Å². The third kappa shape index (κ3) is 5.22. The van der Waals surface area contributed by atoms with Crippen molar-refractivity contribution in [2.75, 3.05) is 6.54 Å². The highest BCUT2D eigenvalue weighted by Gasteiger charge is 2.38. The van der Waals surface area contributed by atoms with Crippen LogP contribution in [-0.4, -0.2) is 42.0 Å². The molecule has 172 valence electrons. The molecule has 2 aromatic heterocycles. The number of nitrogens with one attached hydrogen (secondary N) is 1. The number of nitrogens with zero attached hydrogens (tertiary/aromatic N) is 4. The Kier molecular flexibility index (Phi) is 6.47. The van der Waals surface area contributed by atoms with Crippen molar-refractivity contribution < 1.29 is 26.6 Å². The smallest absolute Gasteiger partial charge is 0.349 e. The van der Waals surface area contributed by atoms with Crippen LogP contribution in [0.3, 0.4) is 0 Å². The van der Waals surface area contributed by atoms with Gasteiger partial charge < -0.3 is 5.32 Å². The lowest BCUT2D eigenvalue weighted by Gasteiger charge is -2.38. The first-order chi connectivity index (χ1) is 15.7.